The molecular formula is C23H29N3O3. The minimum atomic E-state index is -0.394. The third-order valence-corrected chi connectivity index (χ3v) is 5.03. The van der Waals surface area contributed by atoms with Gasteiger partial charge in [-0.15, -0.1) is 0 Å². The molecule has 0 aromatic heterocycles. The highest BCUT2D eigenvalue weighted by Crippen LogP contribution is 2.17. The van der Waals surface area contributed by atoms with Gasteiger partial charge < -0.3 is 20.3 Å². The van der Waals surface area contributed by atoms with Crippen molar-refractivity contribution in [1.29, 1.82) is 0 Å². The molecular weight excluding hydrogens is 366 g/mol. The van der Waals surface area contributed by atoms with Crippen LogP contribution in [0.15, 0.2) is 48.5 Å². The molecule has 0 saturated carbocycles. The van der Waals surface area contributed by atoms with Crippen LogP contribution in [0.5, 0.6) is 0 Å². The van der Waals surface area contributed by atoms with Crippen molar-refractivity contribution in [2.45, 2.75) is 32.8 Å². The Kier molecular flexibility index (Phi) is 7.25. The van der Waals surface area contributed by atoms with Crippen LogP contribution in [0.4, 0.5) is 11.4 Å². The third kappa shape index (κ3) is 5.81. The zero-order chi connectivity index (χ0) is 20.6. The summed E-state index contributed by atoms with van der Waals surface area (Å²) < 4.78 is 5.40. The summed E-state index contributed by atoms with van der Waals surface area (Å²) in [7, 11) is 0. The first-order chi connectivity index (χ1) is 14.1. The maximum atomic E-state index is 12.5. The van der Waals surface area contributed by atoms with Crippen molar-refractivity contribution < 1.29 is 14.3 Å². The smallest absolute Gasteiger partial charge is 0.253 e. The van der Waals surface area contributed by atoms with E-state index in [4.69, 9.17) is 4.74 Å². The number of ether oxygens (including phenoxy) is 1. The van der Waals surface area contributed by atoms with Crippen molar-refractivity contribution in [2.75, 3.05) is 36.5 Å². The largest absolute Gasteiger partial charge is 0.370 e. The predicted octanol–water partition coefficient (Wildman–Crippen LogP) is 3.37. The summed E-state index contributed by atoms with van der Waals surface area (Å²) in [6.07, 6.45) is 1.24. The molecule has 1 fully saturated rings. The van der Waals surface area contributed by atoms with Gasteiger partial charge in [0.25, 0.3) is 11.8 Å². The van der Waals surface area contributed by atoms with E-state index in [0.717, 1.165) is 31.6 Å². The fourth-order valence-corrected chi connectivity index (χ4v) is 3.45. The van der Waals surface area contributed by atoms with E-state index in [1.807, 2.05) is 6.07 Å². The van der Waals surface area contributed by atoms with Crippen LogP contribution in [0.25, 0.3) is 0 Å². The molecule has 0 bridgehead atoms. The first-order valence-corrected chi connectivity index (χ1v) is 10.2. The number of carbonyl (C=O) groups is 2. The van der Waals surface area contributed by atoms with E-state index in [-0.39, 0.29) is 11.8 Å². The highest BCUT2D eigenvalue weighted by molar-refractivity contribution is 5.98. The molecule has 0 aliphatic carbocycles. The average Bonchev–Trinajstić information content (AvgIpc) is 3.26. The number of aryl methyl sites for hydroxylation is 1. The van der Waals surface area contributed by atoms with E-state index in [1.54, 1.807) is 24.3 Å². The summed E-state index contributed by atoms with van der Waals surface area (Å²) in [5.41, 5.74) is 3.49. The summed E-state index contributed by atoms with van der Waals surface area (Å²) in [4.78, 5) is 27.0. The molecule has 6 nitrogen and oxygen atoms in total. The van der Waals surface area contributed by atoms with E-state index in [1.165, 1.54) is 5.56 Å². The Bertz CT molecular complexity index is 847. The molecule has 2 N–H and O–H groups in total. The van der Waals surface area contributed by atoms with Gasteiger partial charge in [0.05, 0.1) is 0 Å². The van der Waals surface area contributed by atoms with Crippen LogP contribution >= 0.6 is 0 Å². The summed E-state index contributed by atoms with van der Waals surface area (Å²) in [6, 6.07) is 15.3. The zero-order valence-electron chi connectivity index (χ0n) is 17.1. The molecule has 1 saturated heterocycles. The molecule has 29 heavy (non-hydrogen) atoms. The monoisotopic (exact) mass is 395 g/mol. The fraction of sp³-hybridized carbons (Fsp3) is 0.391. The molecule has 2 aromatic carbocycles. The second kappa shape index (κ2) is 10.1. The van der Waals surface area contributed by atoms with Crippen LogP contribution in [0.2, 0.25) is 0 Å². The van der Waals surface area contributed by atoms with Gasteiger partial charge >= 0.3 is 0 Å². The van der Waals surface area contributed by atoms with Gasteiger partial charge in [-0.05, 0) is 62.6 Å². The maximum absolute atomic E-state index is 12.5. The lowest BCUT2D eigenvalue weighted by atomic mass is 10.1. The number of anilines is 2. The number of benzene rings is 2. The quantitative estimate of drug-likeness (QED) is 0.719. The summed E-state index contributed by atoms with van der Waals surface area (Å²) in [5.74, 6) is -0.310. The highest BCUT2D eigenvalue weighted by atomic mass is 16.5. The fourth-order valence-electron chi connectivity index (χ4n) is 3.45. The topological polar surface area (TPSA) is 70.7 Å². The van der Waals surface area contributed by atoms with Gasteiger partial charge in [-0.1, -0.05) is 18.2 Å². The Morgan fingerprint density at radius 1 is 1.17 bits per heavy atom. The Morgan fingerprint density at radius 2 is 2.00 bits per heavy atom. The van der Waals surface area contributed by atoms with E-state index in [0.29, 0.717) is 24.4 Å². The van der Waals surface area contributed by atoms with Crippen molar-refractivity contribution >= 4 is 23.2 Å². The molecule has 1 unspecified atom stereocenters. The number of likely N-dealkylation sites (N-methyl/N-ethyl adjacent to an activating group) is 1. The van der Waals surface area contributed by atoms with Crippen LogP contribution in [-0.2, 0) is 9.53 Å². The van der Waals surface area contributed by atoms with Crippen LogP contribution in [-0.4, -0.2) is 44.2 Å². The number of rotatable bonds is 8. The number of amides is 2. The first-order valence-electron chi connectivity index (χ1n) is 10.2. The van der Waals surface area contributed by atoms with Crippen LogP contribution in [0, 0.1) is 6.92 Å². The lowest BCUT2D eigenvalue weighted by Gasteiger charge is -2.23. The van der Waals surface area contributed by atoms with Crippen LogP contribution in [0.1, 0.15) is 35.7 Å². The van der Waals surface area contributed by atoms with Crippen LogP contribution in [0.3, 0.4) is 0 Å². The normalized spacial score (nSPS) is 15.7. The Hall–Kier alpha value is -2.86. The SMILES string of the molecule is CCN(CCNC(=O)c1cccc(NC(=O)C2CCCO2)c1)c1cccc(C)c1. The maximum Gasteiger partial charge on any atom is 0.253 e. The second-order valence-electron chi connectivity index (χ2n) is 7.25. The van der Waals surface area contributed by atoms with Gasteiger partial charge in [0.1, 0.15) is 6.10 Å². The molecule has 1 aliphatic heterocycles. The van der Waals surface area contributed by atoms with E-state index < -0.39 is 6.10 Å². The molecule has 154 valence electrons. The molecule has 3 rings (SSSR count). The Labute approximate surface area is 172 Å². The molecule has 0 spiro atoms. The van der Waals surface area contributed by atoms with Gasteiger partial charge in [0, 0.05) is 43.2 Å². The van der Waals surface area contributed by atoms with E-state index in [2.05, 4.69) is 47.6 Å². The van der Waals surface area contributed by atoms with Gasteiger partial charge in [-0.2, -0.15) is 0 Å². The average molecular weight is 396 g/mol. The molecule has 1 atom stereocenters. The summed E-state index contributed by atoms with van der Waals surface area (Å²) >= 11 is 0. The molecule has 2 aromatic rings. The van der Waals surface area contributed by atoms with Gasteiger partial charge in [-0.25, -0.2) is 0 Å². The Balaban J connectivity index is 1.53. The molecule has 1 aliphatic rings. The molecule has 2 amide bonds. The summed E-state index contributed by atoms with van der Waals surface area (Å²) in [6.45, 7) is 6.92. The molecule has 6 heteroatoms. The standard InChI is InChI=1S/C23H29N3O3/c1-3-26(20-10-4-7-17(2)15-20)13-12-24-22(27)18-8-5-9-19(16-18)25-23(28)21-11-6-14-29-21/h4-5,7-10,15-16,21H,3,6,11-14H2,1-2H3,(H,24,27)(H,25,28). The molecule has 1 heterocycles. The Morgan fingerprint density at radius 3 is 2.72 bits per heavy atom. The van der Waals surface area contributed by atoms with E-state index >= 15 is 0 Å². The van der Waals surface area contributed by atoms with Crippen molar-refractivity contribution in [3.8, 4) is 0 Å². The van der Waals surface area contributed by atoms with Gasteiger partial charge in [0.2, 0.25) is 0 Å². The van der Waals surface area contributed by atoms with Crippen molar-refractivity contribution in [1.82, 2.24) is 5.32 Å². The van der Waals surface area contributed by atoms with Crippen molar-refractivity contribution in [3.05, 3.63) is 59.7 Å². The number of hydrogen-bond acceptors (Lipinski definition) is 4. The minimum absolute atomic E-state index is 0.154. The van der Waals surface area contributed by atoms with Gasteiger partial charge in [-0.3, -0.25) is 9.59 Å². The summed E-state index contributed by atoms with van der Waals surface area (Å²) in [5, 5.41) is 5.80. The lowest BCUT2D eigenvalue weighted by Crippen LogP contribution is -2.35. The van der Waals surface area contributed by atoms with Crippen molar-refractivity contribution in [2.24, 2.45) is 0 Å². The first kappa shape index (κ1) is 20.9. The number of carbonyl (C=O) groups excluding carboxylic acids is 2. The number of nitrogens with one attached hydrogen (secondary N) is 2. The van der Waals surface area contributed by atoms with Crippen LogP contribution < -0.4 is 15.5 Å². The predicted molar refractivity (Wildman–Crippen MR) is 115 cm³/mol. The minimum Gasteiger partial charge on any atom is -0.370 e. The highest BCUT2D eigenvalue weighted by Gasteiger charge is 2.23. The van der Waals surface area contributed by atoms with Crippen molar-refractivity contribution in [3.63, 3.8) is 0 Å². The molecule has 0 radical (unpaired) electrons. The zero-order valence-corrected chi connectivity index (χ0v) is 17.1. The number of nitrogens with zero attached hydrogens (tertiary/aromatic N) is 1. The lowest BCUT2D eigenvalue weighted by molar-refractivity contribution is -0.124. The van der Waals surface area contributed by atoms with E-state index in [9.17, 15) is 9.59 Å². The van der Waals surface area contributed by atoms with Gasteiger partial charge in [0.15, 0.2) is 0 Å². The third-order valence-electron chi connectivity index (χ3n) is 5.03. The number of hydrogen-bond donors (Lipinski definition) is 2. The second-order valence-corrected chi connectivity index (χ2v) is 7.25.